The number of amides is 1. The highest BCUT2D eigenvalue weighted by molar-refractivity contribution is 6.32. The van der Waals surface area contributed by atoms with Crippen LogP contribution in [0.1, 0.15) is 37.6 Å². The molecule has 1 unspecified atom stereocenters. The van der Waals surface area contributed by atoms with Gasteiger partial charge in [-0.05, 0) is 36.0 Å². The van der Waals surface area contributed by atoms with Gasteiger partial charge in [0.25, 0.3) is 5.91 Å². The molecule has 1 saturated heterocycles. The molecule has 19 heavy (non-hydrogen) atoms. The average Bonchev–Trinajstić information content (AvgIpc) is 2.81. The maximum Gasteiger partial charge on any atom is 0.253 e. The predicted molar refractivity (Wildman–Crippen MR) is 76.6 cm³/mol. The highest BCUT2D eigenvalue weighted by Crippen LogP contribution is 2.34. The molecule has 1 N–H and O–H groups in total. The Bertz CT molecular complexity index is 493. The van der Waals surface area contributed by atoms with Gasteiger partial charge in [0.2, 0.25) is 0 Å². The van der Waals surface area contributed by atoms with Crippen LogP contribution in [0.25, 0.3) is 0 Å². The van der Waals surface area contributed by atoms with Crippen LogP contribution in [0.4, 0.5) is 0 Å². The van der Waals surface area contributed by atoms with Crippen LogP contribution in [0.3, 0.4) is 0 Å². The molecule has 1 amide bonds. The van der Waals surface area contributed by atoms with Crippen LogP contribution in [0, 0.1) is 11.3 Å². The summed E-state index contributed by atoms with van der Waals surface area (Å²) in [6, 6.07) is 4.62. The van der Waals surface area contributed by atoms with Gasteiger partial charge in [-0.2, -0.15) is 0 Å². The lowest BCUT2D eigenvalue weighted by atomic mass is 9.80. The van der Waals surface area contributed by atoms with Crippen LogP contribution in [-0.4, -0.2) is 29.0 Å². The van der Waals surface area contributed by atoms with Gasteiger partial charge in [-0.15, -0.1) is 0 Å². The Morgan fingerprint density at radius 3 is 2.63 bits per heavy atom. The summed E-state index contributed by atoms with van der Waals surface area (Å²) in [6.07, 6.45) is 1.04. The number of carbonyl (C=O) groups excluding carboxylic acids is 1. The second kappa shape index (κ2) is 5.04. The molecule has 3 nitrogen and oxygen atoms in total. The first-order valence-electron chi connectivity index (χ1n) is 6.57. The Hall–Kier alpha value is -1.22. The molecule has 0 bridgehead atoms. The van der Waals surface area contributed by atoms with E-state index in [2.05, 4.69) is 20.8 Å². The van der Waals surface area contributed by atoms with Crippen molar-refractivity contribution in [3.8, 4) is 5.75 Å². The summed E-state index contributed by atoms with van der Waals surface area (Å²) in [6.45, 7) is 8.22. The average molecular weight is 282 g/mol. The maximum atomic E-state index is 12.4. The molecule has 0 radical (unpaired) electrons. The summed E-state index contributed by atoms with van der Waals surface area (Å²) in [5.74, 6) is 0.532. The molecule has 1 aromatic carbocycles. The standard InChI is InChI=1S/C15H20ClNO2/c1-15(2,3)11-6-7-17(9-11)14(19)10-4-5-13(18)12(16)8-10/h4-5,8,11,18H,6-7,9H2,1-3H3. The second-order valence-corrected chi connectivity index (χ2v) is 6.68. The van der Waals surface area contributed by atoms with Gasteiger partial charge >= 0.3 is 0 Å². The summed E-state index contributed by atoms with van der Waals surface area (Å²) in [7, 11) is 0. The van der Waals surface area contributed by atoms with E-state index in [1.807, 2.05) is 4.90 Å². The van der Waals surface area contributed by atoms with Gasteiger partial charge < -0.3 is 10.0 Å². The van der Waals surface area contributed by atoms with Crippen molar-refractivity contribution in [1.82, 2.24) is 4.90 Å². The summed E-state index contributed by atoms with van der Waals surface area (Å²) in [5.41, 5.74) is 0.763. The van der Waals surface area contributed by atoms with Gasteiger partial charge in [0.1, 0.15) is 5.75 Å². The van der Waals surface area contributed by atoms with E-state index < -0.39 is 0 Å². The van der Waals surface area contributed by atoms with Crippen molar-refractivity contribution >= 4 is 17.5 Å². The minimum atomic E-state index is -0.00588. The van der Waals surface area contributed by atoms with Crippen molar-refractivity contribution in [2.75, 3.05) is 13.1 Å². The fourth-order valence-corrected chi connectivity index (χ4v) is 2.65. The molecule has 1 fully saturated rings. The minimum absolute atomic E-state index is 0.00588. The van der Waals surface area contributed by atoms with Crippen LogP contribution in [0.2, 0.25) is 5.02 Å². The molecule has 0 spiro atoms. The number of halogens is 1. The molecular formula is C15H20ClNO2. The number of rotatable bonds is 1. The first kappa shape index (κ1) is 14.2. The number of phenolic OH excluding ortho intramolecular Hbond substituents is 1. The lowest BCUT2D eigenvalue weighted by Gasteiger charge is -2.27. The van der Waals surface area contributed by atoms with Crippen molar-refractivity contribution in [2.45, 2.75) is 27.2 Å². The fourth-order valence-electron chi connectivity index (χ4n) is 2.47. The van der Waals surface area contributed by atoms with Gasteiger partial charge in [0, 0.05) is 18.7 Å². The Labute approximate surface area is 119 Å². The van der Waals surface area contributed by atoms with Crippen molar-refractivity contribution in [3.05, 3.63) is 28.8 Å². The topological polar surface area (TPSA) is 40.5 Å². The van der Waals surface area contributed by atoms with Crippen molar-refractivity contribution in [3.63, 3.8) is 0 Å². The molecular weight excluding hydrogens is 262 g/mol. The largest absolute Gasteiger partial charge is 0.506 e. The molecule has 1 aliphatic heterocycles. The van der Waals surface area contributed by atoms with Crippen LogP contribution < -0.4 is 0 Å². The predicted octanol–water partition coefficient (Wildman–Crippen LogP) is 3.55. The van der Waals surface area contributed by atoms with E-state index in [-0.39, 0.29) is 22.1 Å². The van der Waals surface area contributed by atoms with Crippen molar-refractivity contribution in [2.24, 2.45) is 11.3 Å². The fraction of sp³-hybridized carbons (Fsp3) is 0.533. The molecule has 4 heteroatoms. The van der Waals surface area contributed by atoms with Crippen molar-refractivity contribution < 1.29 is 9.90 Å². The van der Waals surface area contributed by atoms with Crippen LogP contribution in [-0.2, 0) is 0 Å². The van der Waals surface area contributed by atoms with Gasteiger partial charge in [0.15, 0.2) is 0 Å². The first-order chi connectivity index (χ1) is 8.79. The van der Waals surface area contributed by atoms with Crippen LogP contribution in [0.15, 0.2) is 18.2 Å². The lowest BCUT2D eigenvalue weighted by Crippen LogP contribution is -2.31. The third-order valence-electron chi connectivity index (χ3n) is 3.89. The van der Waals surface area contributed by atoms with Gasteiger partial charge in [-0.25, -0.2) is 0 Å². The van der Waals surface area contributed by atoms with E-state index in [4.69, 9.17) is 11.6 Å². The molecule has 0 aromatic heterocycles. The Morgan fingerprint density at radius 2 is 2.11 bits per heavy atom. The van der Waals surface area contributed by atoms with Gasteiger partial charge in [0.05, 0.1) is 5.02 Å². The summed E-state index contributed by atoms with van der Waals surface area (Å²) < 4.78 is 0. The molecule has 1 aliphatic rings. The quantitative estimate of drug-likeness (QED) is 0.855. The molecule has 1 aromatic rings. The molecule has 1 atom stereocenters. The molecule has 1 heterocycles. The first-order valence-corrected chi connectivity index (χ1v) is 6.94. The zero-order chi connectivity index (χ0) is 14.2. The number of phenols is 1. The lowest BCUT2D eigenvalue weighted by molar-refractivity contribution is 0.0776. The number of aromatic hydroxyl groups is 1. The SMILES string of the molecule is CC(C)(C)C1CCN(C(=O)c2ccc(O)c(Cl)c2)C1. The van der Waals surface area contributed by atoms with E-state index >= 15 is 0 Å². The minimum Gasteiger partial charge on any atom is -0.506 e. The number of carbonyl (C=O) groups is 1. The Kier molecular flexibility index (Phi) is 3.77. The molecule has 104 valence electrons. The summed E-state index contributed by atoms with van der Waals surface area (Å²) in [5, 5.41) is 9.60. The number of nitrogens with zero attached hydrogens (tertiary/aromatic N) is 1. The van der Waals surface area contributed by atoms with E-state index in [1.54, 1.807) is 6.07 Å². The van der Waals surface area contributed by atoms with Gasteiger partial charge in [-0.1, -0.05) is 32.4 Å². The molecule has 0 saturated carbocycles. The normalized spacial score (nSPS) is 19.8. The highest BCUT2D eigenvalue weighted by atomic mass is 35.5. The monoisotopic (exact) mass is 281 g/mol. The zero-order valence-electron chi connectivity index (χ0n) is 11.6. The van der Waals surface area contributed by atoms with E-state index in [1.165, 1.54) is 12.1 Å². The zero-order valence-corrected chi connectivity index (χ0v) is 12.4. The van der Waals surface area contributed by atoms with E-state index in [0.29, 0.717) is 11.5 Å². The number of hydrogen-bond acceptors (Lipinski definition) is 2. The van der Waals surface area contributed by atoms with Crippen LogP contribution >= 0.6 is 11.6 Å². The second-order valence-electron chi connectivity index (χ2n) is 6.27. The third-order valence-corrected chi connectivity index (χ3v) is 4.20. The third kappa shape index (κ3) is 3.03. The smallest absolute Gasteiger partial charge is 0.253 e. The van der Waals surface area contributed by atoms with Gasteiger partial charge in [-0.3, -0.25) is 4.79 Å². The molecule has 0 aliphatic carbocycles. The molecule has 2 rings (SSSR count). The Morgan fingerprint density at radius 1 is 1.42 bits per heavy atom. The highest BCUT2D eigenvalue weighted by Gasteiger charge is 2.34. The number of benzene rings is 1. The summed E-state index contributed by atoms with van der Waals surface area (Å²) >= 11 is 5.85. The summed E-state index contributed by atoms with van der Waals surface area (Å²) in [4.78, 5) is 14.2. The number of likely N-dealkylation sites (tertiary alicyclic amines) is 1. The Balaban J connectivity index is 2.11. The van der Waals surface area contributed by atoms with E-state index in [0.717, 1.165) is 19.5 Å². The number of hydrogen-bond donors (Lipinski definition) is 1. The van der Waals surface area contributed by atoms with E-state index in [9.17, 15) is 9.90 Å². The van der Waals surface area contributed by atoms with Crippen LogP contribution in [0.5, 0.6) is 5.75 Å². The van der Waals surface area contributed by atoms with Crippen molar-refractivity contribution in [1.29, 1.82) is 0 Å². The maximum absolute atomic E-state index is 12.4.